The van der Waals surface area contributed by atoms with Gasteiger partial charge in [-0.15, -0.1) is 0 Å². The second-order valence-corrected chi connectivity index (χ2v) is 3.74. The first-order valence-corrected chi connectivity index (χ1v) is 5.25. The van der Waals surface area contributed by atoms with E-state index in [1.807, 2.05) is 54.6 Å². The molecule has 0 N–H and O–H groups in total. The van der Waals surface area contributed by atoms with E-state index in [1.165, 1.54) is 0 Å². The third-order valence-electron chi connectivity index (χ3n) is 2.53. The molecule has 2 aromatic carbocycles. The fourth-order valence-corrected chi connectivity index (χ4v) is 1.67. The summed E-state index contributed by atoms with van der Waals surface area (Å²) in [6, 6.07) is 17.2. The molecule has 0 aliphatic heterocycles. The van der Waals surface area contributed by atoms with Gasteiger partial charge in [-0.05, 0) is 18.1 Å². The van der Waals surface area contributed by atoms with E-state index in [4.69, 9.17) is 0 Å². The van der Waals surface area contributed by atoms with E-state index in [0.29, 0.717) is 12.0 Å². The first kappa shape index (κ1) is 10.6. The fourth-order valence-electron chi connectivity index (χ4n) is 1.67. The van der Waals surface area contributed by atoms with Gasteiger partial charge in [0, 0.05) is 12.0 Å². The second kappa shape index (κ2) is 4.75. The average Bonchev–Trinajstić information content (AvgIpc) is 2.31. The van der Waals surface area contributed by atoms with Crippen LogP contribution in [-0.4, -0.2) is 5.78 Å². The molecule has 2 rings (SSSR count). The predicted octanol–water partition coefficient (Wildman–Crippen LogP) is 3.29. The lowest BCUT2D eigenvalue weighted by molar-refractivity contribution is 0.0992. The van der Waals surface area contributed by atoms with E-state index in [1.54, 1.807) is 0 Å². The maximum atomic E-state index is 12.0. The first-order valence-electron chi connectivity index (χ1n) is 5.25. The molecule has 0 saturated carbocycles. The van der Waals surface area contributed by atoms with Gasteiger partial charge in [-0.2, -0.15) is 0 Å². The Morgan fingerprint density at radius 3 is 2.25 bits per heavy atom. The summed E-state index contributed by atoms with van der Waals surface area (Å²) in [4.78, 5) is 12.0. The van der Waals surface area contributed by atoms with E-state index in [2.05, 4.69) is 6.92 Å². The highest BCUT2D eigenvalue weighted by Crippen LogP contribution is 2.11. The number of carbonyl (C=O) groups is 1. The van der Waals surface area contributed by atoms with Crippen molar-refractivity contribution in [1.29, 1.82) is 0 Å². The van der Waals surface area contributed by atoms with E-state index < -0.39 is 0 Å². The molecule has 0 fully saturated rings. The average molecular weight is 209 g/mol. The zero-order chi connectivity index (χ0) is 11.4. The van der Waals surface area contributed by atoms with Crippen LogP contribution in [0.5, 0.6) is 0 Å². The van der Waals surface area contributed by atoms with Crippen molar-refractivity contribution < 1.29 is 4.79 Å². The number of ketones is 1. The van der Waals surface area contributed by atoms with Crippen LogP contribution >= 0.6 is 0 Å². The van der Waals surface area contributed by atoms with Gasteiger partial charge in [0.2, 0.25) is 0 Å². The summed E-state index contributed by atoms with van der Waals surface area (Å²) in [5, 5.41) is 0. The Kier molecular flexibility index (Phi) is 3.16. The number of benzene rings is 2. The van der Waals surface area contributed by atoms with Crippen LogP contribution in [0.3, 0.4) is 0 Å². The van der Waals surface area contributed by atoms with E-state index >= 15 is 0 Å². The van der Waals surface area contributed by atoms with Gasteiger partial charge in [0.1, 0.15) is 0 Å². The third kappa shape index (κ3) is 2.37. The topological polar surface area (TPSA) is 17.1 Å². The lowest BCUT2D eigenvalue weighted by Gasteiger charge is -2.04. The minimum Gasteiger partial charge on any atom is -0.294 e. The molecule has 0 aromatic heterocycles. The van der Waals surface area contributed by atoms with Crippen LogP contribution in [-0.2, 0) is 6.42 Å². The molecule has 16 heavy (non-hydrogen) atoms. The number of carbonyl (C=O) groups excluding carboxylic acids is 1. The van der Waals surface area contributed by atoms with Crippen LogP contribution in [0.4, 0.5) is 0 Å². The highest BCUT2D eigenvalue weighted by Gasteiger charge is 2.08. The summed E-state index contributed by atoms with van der Waals surface area (Å²) in [6.07, 6.45) is 0.438. The van der Waals surface area contributed by atoms with E-state index in [-0.39, 0.29) is 5.78 Å². The van der Waals surface area contributed by atoms with Gasteiger partial charge in [0.25, 0.3) is 0 Å². The number of Topliss-reactive ketones (excluding diaryl/α,β-unsaturated/α-hetero) is 1. The zero-order valence-electron chi connectivity index (χ0n) is 9.02. The van der Waals surface area contributed by atoms with E-state index in [9.17, 15) is 4.79 Å². The van der Waals surface area contributed by atoms with Crippen LogP contribution in [0, 0.1) is 6.92 Å². The minimum atomic E-state index is 0.122. The van der Waals surface area contributed by atoms with Crippen LogP contribution < -0.4 is 0 Å². The Balaban J connectivity index is 2.19. The molecule has 0 heterocycles. The molecule has 79 valence electrons. The monoisotopic (exact) mass is 209 g/mol. The van der Waals surface area contributed by atoms with Crippen molar-refractivity contribution in [3.8, 4) is 0 Å². The molecule has 0 aliphatic rings. The molecule has 0 aliphatic carbocycles. The maximum Gasteiger partial charge on any atom is 0.167 e. The fraction of sp³-hybridized carbons (Fsp3) is 0.0667. The summed E-state index contributed by atoms with van der Waals surface area (Å²) in [5.74, 6) is 0.122. The molecule has 0 unspecified atom stereocenters. The predicted molar refractivity (Wildman–Crippen MR) is 65.4 cm³/mol. The van der Waals surface area contributed by atoms with Crippen molar-refractivity contribution in [2.75, 3.05) is 0 Å². The Bertz CT molecular complexity index is 486. The van der Waals surface area contributed by atoms with Crippen molar-refractivity contribution in [1.82, 2.24) is 0 Å². The molecule has 1 radical (unpaired) electrons. The highest BCUT2D eigenvalue weighted by molar-refractivity contribution is 5.99. The first-order chi connectivity index (χ1) is 7.77. The minimum absolute atomic E-state index is 0.122. The van der Waals surface area contributed by atoms with Crippen molar-refractivity contribution in [2.45, 2.75) is 6.42 Å². The summed E-state index contributed by atoms with van der Waals surface area (Å²) < 4.78 is 0. The molecular weight excluding hydrogens is 196 g/mol. The number of hydrogen-bond acceptors (Lipinski definition) is 1. The molecule has 0 saturated heterocycles. The molecule has 0 bridgehead atoms. The molecular formula is C15H13O. The van der Waals surface area contributed by atoms with Crippen molar-refractivity contribution >= 4 is 5.78 Å². The van der Waals surface area contributed by atoms with Crippen molar-refractivity contribution in [3.63, 3.8) is 0 Å². The molecule has 1 nitrogen and oxygen atoms in total. The van der Waals surface area contributed by atoms with Crippen LogP contribution in [0.15, 0.2) is 54.6 Å². The van der Waals surface area contributed by atoms with Gasteiger partial charge >= 0.3 is 0 Å². The summed E-state index contributed by atoms with van der Waals surface area (Å²) in [7, 11) is 0. The molecule has 1 heteroatoms. The van der Waals surface area contributed by atoms with Crippen molar-refractivity contribution in [3.05, 3.63) is 78.2 Å². The quantitative estimate of drug-likeness (QED) is 0.709. The maximum absolute atomic E-state index is 12.0. The molecule has 2 aromatic rings. The van der Waals surface area contributed by atoms with Gasteiger partial charge in [0.15, 0.2) is 5.78 Å². The van der Waals surface area contributed by atoms with Gasteiger partial charge in [-0.1, -0.05) is 54.6 Å². The molecule has 0 atom stereocenters. The van der Waals surface area contributed by atoms with E-state index in [0.717, 1.165) is 11.1 Å². The summed E-state index contributed by atoms with van der Waals surface area (Å²) in [5.41, 5.74) is 2.55. The Labute approximate surface area is 95.7 Å². The molecule has 0 spiro atoms. The van der Waals surface area contributed by atoms with Gasteiger partial charge in [-0.3, -0.25) is 4.79 Å². The van der Waals surface area contributed by atoms with Crippen molar-refractivity contribution in [2.24, 2.45) is 0 Å². The number of hydrogen-bond donors (Lipinski definition) is 0. The molecule has 0 amide bonds. The normalized spacial score (nSPS) is 10.1. The zero-order valence-corrected chi connectivity index (χ0v) is 9.02. The summed E-state index contributed by atoms with van der Waals surface area (Å²) >= 11 is 0. The van der Waals surface area contributed by atoms with Crippen LogP contribution in [0.25, 0.3) is 0 Å². The highest BCUT2D eigenvalue weighted by atomic mass is 16.1. The van der Waals surface area contributed by atoms with Gasteiger partial charge < -0.3 is 0 Å². The van der Waals surface area contributed by atoms with Crippen LogP contribution in [0.1, 0.15) is 21.5 Å². The third-order valence-corrected chi connectivity index (χ3v) is 2.53. The Hall–Kier alpha value is -1.89. The summed E-state index contributed by atoms with van der Waals surface area (Å²) in [6.45, 7) is 3.86. The largest absolute Gasteiger partial charge is 0.294 e. The SMILES string of the molecule is [CH2]c1ccccc1C(=O)Cc1ccccc1. The number of rotatable bonds is 3. The second-order valence-electron chi connectivity index (χ2n) is 3.74. The standard InChI is InChI=1S/C15H13O/c1-12-7-5-6-10-14(12)15(16)11-13-8-3-2-4-9-13/h2-10H,1,11H2. The lowest BCUT2D eigenvalue weighted by Crippen LogP contribution is -2.05. The Morgan fingerprint density at radius 1 is 0.938 bits per heavy atom. The van der Waals surface area contributed by atoms with Gasteiger partial charge in [0.05, 0.1) is 0 Å². The van der Waals surface area contributed by atoms with Crippen LogP contribution in [0.2, 0.25) is 0 Å². The smallest absolute Gasteiger partial charge is 0.167 e. The van der Waals surface area contributed by atoms with Gasteiger partial charge in [-0.25, -0.2) is 0 Å². The lowest BCUT2D eigenvalue weighted by atomic mass is 9.99. The Morgan fingerprint density at radius 2 is 1.56 bits per heavy atom.